The van der Waals surface area contributed by atoms with Crippen molar-refractivity contribution in [2.24, 2.45) is 4.99 Å². The number of hydrogen-bond acceptors (Lipinski definition) is 1. The molecule has 0 aromatic heterocycles. The highest BCUT2D eigenvalue weighted by molar-refractivity contribution is 5.99. The van der Waals surface area contributed by atoms with Crippen molar-refractivity contribution in [3.05, 3.63) is 91.0 Å². The van der Waals surface area contributed by atoms with Crippen LogP contribution in [0.3, 0.4) is 0 Å². The van der Waals surface area contributed by atoms with Gasteiger partial charge in [0.25, 0.3) is 0 Å². The molecule has 0 saturated heterocycles. The molecule has 0 amide bonds. The van der Waals surface area contributed by atoms with Crippen LogP contribution in [-0.4, -0.2) is 12.8 Å². The Labute approximate surface area is 133 Å². The highest BCUT2D eigenvalue weighted by atomic mass is 14.7. The number of benzene rings is 2. The molecule has 0 radical (unpaired) electrons. The minimum absolute atomic E-state index is 1.04. The first-order valence-electron chi connectivity index (χ1n) is 7.29. The van der Waals surface area contributed by atoms with Gasteiger partial charge in [0.1, 0.15) is 0 Å². The smallest absolute Gasteiger partial charge is 0.0386 e. The van der Waals surface area contributed by atoms with Gasteiger partial charge in [-0.3, -0.25) is 4.99 Å². The quantitative estimate of drug-likeness (QED) is 0.505. The monoisotopic (exact) mass is 287 g/mol. The Hall–Kier alpha value is -2.67. The highest BCUT2D eigenvalue weighted by Crippen LogP contribution is 2.25. The summed E-state index contributed by atoms with van der Waals surface area (Å²) in [6, 6.07) is 16.9. The molecule has 0 heterocycles. The fraction of sp³-hybridized carbons (Fsp3) is 0.0952. The summed E-state index contributed by atoms with van der Waals surface area (Å²) < 4.78 is 0. The first-order valence-corrected chi connectivity index (χ1v) is 7.29. The van der Waals surface area contributed by atoms with Crippen LogP contribution in [0.2, 0.25) is 0 Å². The van der Waals surface area contributed by atoms with Crippen LogP contribution in [0, 0.1) is 0 Å². The number of rotatable bonds is 5. The molecule has 2 aromatic rings. The number of nitrogens with zero attached hydrogens (tertiary/aromatic N) is 1. The predicted octanol–water partition coefficient (Wildman–Crippen LogP) is 5.55. The number of hydrogen-bond donors (Lipinski definition) is 0. The van der Waals surface area contributed by atoms with E-state index in [2.05, 4.69) is 66.7 Å². The van der Waals surface area contributed by atoms with E-state index in [4.69, 9.17) is 0 Å². The summed E-state index contributed by atoms with van der Waals surface area (Å²) in [6.07, 6.45) is 5.60. The Balaban J connectivity index is 2.48. The minimum atomic E-state index is 1.04. The third-order valence-corrected chi connectivity index (χ3v) is 3.66. The van der Waals surface area contributed by atoms with E-state index in [1.807, 2.05) is 26.1 Å². The van der Waals surface area contributed by atoms with Crippen molar-refractivity contribution < 1.29 is 0 Å². The van der Waals surface area contributed by atoms with Gasteiger partial charge in [-0.2, -0.15) is 0 Å². The molecule has 0 saturated carbocycles. The van der Waals surface area contributed by atoms with Crippen LogP contribution in [0.15, 0.2) is 84.9 Å². The molecule has 2 aromatic carbocycles. The van der Waals surface area contributed by atoms with Crippen molar-refractivity contribution in [1.29, 1.82) is 0 Å². The van der Waals surface area contributed by atoms with E-state index in [1.54, 1.807) is 6.08 Å². The molecular weight excluding hydrogens is 266 g/mol. The Morgan fingerprint density at radius 1 is 0.955 bits per heavy atom. The van der Waals surface area contributed by atoms with Crippen LogP contribution in [0.25, 0.3) is 16.7 Å². The lowest BCUT2D eigenvalue weighted by molar-refractivity contribution is 1.41. The lowest BCUT2D eigenvalue weighted by Crippen LogP contribution is -1.94. The molecule has 1 heteroatoms. The van der Waals surface area contributed by atoms with Gasteiger partial charge in [-0.05, 0) is 46.9 Å². The summed E-state index contributed by atoms with van der Waals surface area (Å²) in [5.74, 6) is 0. The highest BCUT2D eigenvalue weighted by Gasteiger charge is 2.04. The first-order chi connectivity index (χ1) is 10.7. The van der Waals surface area contributed by atoms with Crippen LogP contribution in [-0.2, 0) is 0 Å². The summed E-state index contributed by atoms with van der Waals surface area (Å²) in [6.45, 7) is 9.66. The zero-order valence-corrected chi connectivity index (χ0v) is 13.2. The van der Waals surface area contributed by atoms with E-state index in [1.165, 1.54) is 11.1 Å². The van der Waals surface area contributed by atoms with Gasteiger partial charge in [0.15, 0.2) is 0 Å². The van der Waals surface area contributed by atoms with E-state index in [9.17, 15) is 0 Å². The van der Waals surface area contributed by atoms with Crippen molar-refractivity contribution in [2.75, 3.05) is 7.05 Å². The summed E-state index contributed by atoms with van der Waals surface area (Å²) >= 11 is 0. The number of allylic oxidation sites excluding steroid dienone is 4. The second kappa shape index (κ2) is 7.37. The topological polar surface area (TPSA) is 12.4 Å². The molecule has 0 unspecified atom stereocenters. The Morgan fingerprint density at radius 3 is 2.09 bits per heavy atom. The van der Waals surface area contributed by atoms with Crippen molar-refractivity contribution in [3.8, 4) is 11.1 Å². The molecule has 0 atom stereocenters. The van der Waals surface area contributed by atoms with Crippen LogP contribution < -0.4 is 0 Å². The third kappa shape index (κ3) is 3.50. The van der Waals surface area contributed by atoms with E-state index in [0.29, 0.717) is 0 Å². The predicted molar refractivity (Wildman–Crippen MR) is 98.4 cm³/mol. The van der Waals surface area contributed by atoms with E-state index in [0.717, 1.165) is 22.4 Å². The van der Waals surface area contributed by atoms with E-state index in [-0.39, 0.29) is 0 Å². The summed E-state index contributed by atoms with van der Waals surface area (Å²) in [5.41, 5.74) is 6.76. The molecule has 2 rings (SSSR count). The lowest BCUT2D eigenvalue weighted by Gasteiger charge is -2.08. The molecule has 0 aliphatic carbocycles. The SMILES string of the molecule is C=C/C=C(\C=C)c1cccc(-c2cccc(C(C)=NC)c2)c1. The zero-order valence-electron chi connectivity index (χ0n) is 13.2. The van der Waals surface area contributed by atoms with Crippen LogP contribution in [0.5, 0.6) is 0 Å². The van der Waals surface area contributed by atoms with Crippen molar-refractivity contribution in [1.82, 2.24) is 0 Å². The average molecular weight is 287 g/mol. The van der Waals surface area contributed by atoms with Crippen molar-refractivity contribution >= 4 is 11.3 Å². The maximum atomic E-state index is 4.26. The standard InChI is InChI=1S/C21H21N/c1-5-9-17(6-2)19-11-8-13-21(15-19)20-12-7-10-18(14-20)16(3)22-4/h5-15H,1-2H2,3-4H3/b17-9+,22-16?. The summed E-state index contributed by atoms with van der Waals surface area (Å²) in [7, 11) is 1.82. The van der Waals surface area contributed by atoms with Gasteiger partial charge < -0.3 is 0 Å². The molecule has 0 aliphatic heterocycles. The van der Waals surface area contributed by atoms with Crippen LogP contribution in [0.1, 0.15) is 18.1 Å². The fourth-order valence-electron chi connectivity index (χ4n) is 2.34. The normalized spacial score (nSPS) is 12.1. The molecule has 110 valence electrons. The van der Waals surface area contributed by atoms with Crippen molar-refractivity contribution in [3.63, 3.8) is 0 Å². The minimum Gasteiger partial charge on any atom is -0.293 e. The molecule has 0 spiro atoms. The van der Waals surface area contributed by atoms with Crippen LogP contribution >= 0.6 is 0 Å². The third-order valence-electron chi connectivity index (χ3n) is 3.66. The van der Waals surface area contributed by atoms with E-state index >= 15 is 0 Å². The Bertz CT molecular complexity index is 748. The van der Waals surface area contributed by atoms with Gasteiger partial charge in [0.05, 0.1) is 0 Å². The second-order valence-corrected chi connectivity index (χ2v) is 5.03. The Morgan fingerprint density at radius 2 is 1.55 bits per heavy atom. The Kier molecular flexibility index (Phi) is 5.26. The average Bonchev–Trinajstić information content (AvgIpc) is 2.59. The van der Waals surface area contributed by atoms with Gasteiger partial charge in [-0.15, -0.1) is 0 Å². The maximum absolute atomic E-state index is 4.26. The molecule has 0 bridgehead atoms. The van der Waals surface area contributed by atoms with E-state index < -0.39 is 0 Å². The van der Waals surface area contributed by atoms with Gasteiger partial charge in [-0.1, -0.05) is 67.8 Å². The van der Waals surface area contributed by atoms with Crippen LogP contribution in [0.4, 0.5) is 0 Å². The largest absolute Gasteiger partial charge is 0.293 e. The summed E-state index contributed by atoms with van der Waals surface area (Å²) in [4.78, 5) is 4.26. The van der Waals surface area contributed by atoms with Gasteiger partial charge in [-0.25, -0.2) is 0 Å². The molecular formula is C21H21N. The van der Waals surface area contributed by atoms with Crippen molar-refractivity contribution in [2.45, 2.75) is 6.92 Å². The maximum Gasteiger partial charge on any atom is 0.0386 e. The first kappa shape index (κ1) is 15.7. The lowest BCUT2D eigenvalue weighted by atomic mass is 9.97. The fourth-order valence-corrected chi connectivity index (χ4v) is 2.34. The van der Waals surface area contributed by atoms with Gasteiger partial charge in [0.2, 0.25) is 0 Å². The molecule has 0 aliphatic rings. The molecule has 0 N–H and O–H groups in total. The zero-order chi connectivity index (χ0) is 15.9. The summed E-state index contributed by atoms with van der Waals surface area (Å²) in [5, 5.41) is 0. The second-order valence-electron chi connectivity index (χ2n) is 5.03. The number of aliphatic imine (C=N–C) groups is 1. The van der Waals surface area contributed by atoms with Gasteiger partial charge in [0, 0.05) is 12.8 Å². The van der Waals surface area contributed by atoms with Gasteiger partial charge >= 0.3 is 0 Å². The molecule has 22 heavy (non-hydrogen) atoms. The molecule has 1 nitrogen and oxygen atoms in total. The molecule has 0 fully saturated rings.